The van der Waals surface area contributed by atoms with E-state index in [0.717, 1.165) is 44.1 Å². The Hall–Kier alpha value is -1.40. The van der Waals surface area contributed by atoms with Crippen LogP contribution in [0, 0.1) is 6.92 Å². The molecule has 96 valence electrons. The molecule has 0 saturated carbocycles. The zero-order valence-corrected chi connectivity index (χ0v) is 10.9. The lowest BCUT2D eigenvalue weighted by molar-refractivity contribution is 0.152. The van der Waals surface area contributed by atoms with Crippen LogP contribution in [0.3, 0.4) is 0 Å². The molecule has 0 spiro atoms. The highest BCUT2D eigenvalue weighted by Crippen LogP contribution is 2.26. The van der Waals surface area contributed by atoms with Crippen LogP contribution in [-0.2, 0) is 4.74 Å². The second-order valence-corrected chi connectivity index (χ2v) is 4.63. The standard InChI is InChI=1S/C11H14ClN5O/c1-8-9(12)15-11-13-7-14-17(11)10(8)16-3-2-5-18-6-4-16/h7H,2-6H2,1H3. The third kappa shape index (κ3) is 1.91. The first-order valence-electron chi connectivity index (χ1n) is 5.96. The molecule has 0 unspecified atom stereocenters. The topological polar surface area (TPSA) is 55.5 Å². The monoisotopic (exact) mass is 267 g/mol. The fourth-order valence-electron chi connectivity index (χ4n) is 2.21. The van der Waals surface area contributed by atoms with E-state index >= 15 is 0 Å². The van der Waals surface area contributed by atoms with Crippen LogP contribution in [0.2, 0.25) is 5.15 Å². The number of anilines is 1. The molecule has 18 heavy (non-hydrogen) atoms. The minimum absolute atomic E-state index is 0.482. The molecule has 0 bridgehead atoms. The third-order valence-electron chi connectivity index (χ3n) is 3.10. The van der Waals surface area contributed by atoms with E-state index in [2.05, 4.69) is 20.0 Å². The van der Waals surface area contributed by atoms with Gasteiger partial charge in [0.05, 0.1) is 6.61 Å². The van der Waals surface area contributed by atoms with E-state index in [4.69, 9.17) is 16.3 Å². The van der Waals surface area contributed by atoms with Gasteiger partial charge in [-0.05, 0) is 13.3 Å². The molecule has 0 radical (unpaired) electrons. The summed E-state index contributed by atoms with van der Waals surface area (Å²) in [6, 6.07) is 0. The highest BCUT2D eigenvalue weighted by molar-refractivity contribution is 6.30. The highest BCUT2D eigenvalue weighted by atomic mass is 35.5. The molecule has 1 fully saturated rings. The molecule has 1 aliphatic heterocycles. The average Bonchev–Trinajstić information content (AvgIpc) is 2.64. The van der Waals surface area contributed by atoms with E-state index in [1.807, 2.05) is 6.92 Å². The minimum Gasteiger partial charge on any atom is -0.380 e. The van der Waals surface area contributed by atoms with Crippen LogP contribution in [0.5, 0.6) is 0 Å². The molecule has 1 aliphatic rings. The minimum atomic E-state index is 0.482. The molecular formula is C11H14ClN5O. The van der Waals surface area contributed by atoms with Gasteiger partial charge >= 0.3 is 0 Å². The maximum absolute atomic E-state index is 6.16. The van der Waals surface area contributed by atoms with Gasteiger partial charge in [-0.3, -0.25) is 0 Å². The van der Waals surface area contributed by atoms with E-state index in [1.165, 1.54) is 6.33 Å². The molecule has 3 heterocycles. The van der Waals surface area contributed by atoms with Gasteiger partial charge in [0.15, 0.2) is 0 Å². The number of fused-ring (bicyclic) bond motifs is 1. The molecule has 1 saturated heterocycles. The summed E-state index contributed by atoms with van der Waals surface area (Å²) >= 11 is 6.16. The van der Waals surface area contributed by atoms with Crippen molar-refractivity contribution in [2.75, 3.05) is 31.2 Å². The lowest BCUT2D eigenvalue weighted by atomic mass is 10.3. The summed E-state index contributed by atoms with van der Waals surface area (Å²) < 4.78 is 7.22. The van der Waals surface area contributed by atoms with Gasteiger partial charge in [-0.25, -0.2) is 0 Å². The van der Waals surface area contributed by atoms with Gasteiger partial charge in [0.2, 0.25) is 0 Å². The first-order chi connectivity index (χ1) is 8.77. The molecule has 7 heteroatoms. The Balaban J connectivity index is 2.13. The summed E-state index contributed by atoms with van der Waals surface area (Å²) in [5.41, 5.74) is 0.927. The summed E-state index contributed by atoms with van der Waals surface area (Å²) in [4.78, 5) is 10.5. The predicted molar refractivity (Wildman–Crippen MR) is 68.2 cm³/mol. The van der Waals surface area contributed by atoms with Crippen LogP contribution in [-0.4, -0.2) is 45.9 Å². The lowest BCUT2D eigenvalue weighted by Crippen LogP contribution is -2.29. The van der Waals surface area contributed by atoms with Gasteiger partial charge < -0.3 is 9.64 Å². The van der Waals surface area contributed by atoms with E-state index in [0.29, 0.717) is 10.9 Å². The average molecular weight is 268 g/mol. The Kier molecular flexibility index (Phi) is 3.05. The second kappa shape index (κ2) is 4.70. The van der Waals surface area contributed by atoms with Gasteiger partial charge in [0.1, 0.15) is 17.3 Å². The molecule has 0 amide bonds. The summed E-state index contributed by atoms with van der Waals surface area (Å²) in [7, 11) is 0. The molecule has 3 rings (SSSR count). The Morgan fingerprint density at radius 2 is 2.22 bits per heavy atom. The van der Waals surface area contributed by atoms with Crippen LogP contribution >= 0.6 is 11.6 Å². The van der Waals surface area contributed by atoms with E-state index in [1.54, 1.807) is 4.52 Å². The highest BCUT2D eigenvalue weighted by Gasteiger charge is 2.19. The smallest absolute Gasteiger partial charge is 0.255 e. The number of rotatable bonds is 1. The number of nitrogens with zero attached hydrogens (tertiary/aromatic N) is 5. The fraction of sp³-hybridized carbons (Fsp3) is 0.545. The van der Waals surface area contributed by atoms with Gasteiger partial charge in [0.25, 0.3) is 5.78 Å². The normalized spacial score (nSPS) is 17.1. The van der Waals surface area contributed by atoms with Crippen molar-refractivity contribution >= 4 is 23.2 Å². The van der Waals surface area contributed by atoms with Crippen LogP contribution < -0.4 is 4.90 Å². The first-order valence-corrected chi connectivity index (χ1v) is 6.33. The van der Waals surface area contributed by atoms with Crippen LogP contribution in [0.1, 0.15) is 12.0 Å². The fourth-order valence-corrected chi connectivity index (χ4v) is 2.37. The number of halogens is 1. The summed E-state index contributed by atoms with van der Waals surface area (Å²) in [5.74, 6) is 1.50. The number of hydrogen-bond acceptors (Lipinski definition) is 5. The Bertz CT molecular complexity index is 562. The van der Waals surface area contributed by atoms with Crippen molar-refractivity contribution in [3.8, 4) is 0 Å². The van der Waals surface area contributed by atoms with Crippen LogP contribution in [0.15, 0.2) is 6.33 Å². The lowest BCUT2D eigenvalue weighted by Gasteiger charge is -2.24. The second-order valence-electron chi connectivity index (χ2n) is 4.28. The number of ether oxygens (including phenoxy) is 1. The Labute approximate surface area is 110 Å². The van der Waals surface area contributed by atoms with Crippen molar-refractivity contribution in [2.45, 2.75) is 13.3 Å². The molecule has 0 aromatic carbocycles. The van der Waals surface area contributed by atoms with Crippen molar-refractivity contribution in [3.63, 3.8) is 0 Å². The van der Waals surface area contributed by atoms with Gasteiger partial charge in [-0.2, -0.15) is 19.6 Å². The molecule has 2 aromatic heterocycles. The van der Waals surface area contributed by atoms with Crippen molar-refractivity contribution in [1.82, 2.24) is 19.6 Å². The SMILES string of the molecule is Cc1c(Cl)nc2ncnn2c1N1CCCOCC1. The van der Waals surface area contributed by atoms with E-state index < -0.39 is 0 Å². The molecule has 0 N–H and O–H groups in total. The van der Waals surface area contributed by atoms with Crippen molar-refractivity contribution in [3.05, 3.63) is 17.0 Å². The van der Waals surface area contributed by atoms with E-state index in [-0.39, 0.29) is 0 Å². The molecular weight excluding hydrogens is 254 g/mol. The summed E-state index contributed by atoms with van der Waals surface area (Å²) in [6.07, 6.45) is 2.49. The van der Waals surface area contributed by atoms with Crippen molar-refractivity contribution in [1.29, 1.82) is 0 Å². The Morgan fingerprint density at radius 1 is 1.33 bits per heavy atom. The molecule has 0 aliphatic carbocycles. The molecule has 2 aromatic rings. The van der Waals surface area contributed by atoms with Gasteiger partial charge in [0, 0.05) is 25.3 Å². The maximum atomic E-state index is 6.16. The summed E-state index contributed by atoms with van der Waals surface area (Å²) in [6.45, 7) is 5.23. The first kappa shape index (κ1) is 11.7. The number of hydrogen-bond donors (Lipinski definition) is 0. The third-order valence-corrected chi connectivity index (χ3v) is 3.46. The largest absolute Gasteiger partial charge is 0.380 e. The van der Waals surface area contributed by atoms with Gasteiger partial charge in [-0.1, -0.05) is 11.6 Å². The zero-order chi connectivity index (χ0) is 12.5. The van der Waals surface area contributed by atoms with E-state index in [9.17, 15) is 0 Å². The predicted octanol–water partition coefficient (Wildman–Crippen LogP) is 1.31. The molecule has 0 atom stereocenters. The number of aromatic nitrogens is 4. The maximum Gasteiger partial charge on any atom is 0.255 e. The van der Waals surface area contributed by atoms with Crippen molar-refractivity contribution in [2.24, 2.45) is 0 Å². The quantitative estimate of drug-likeness (QED) is 0.730. The zero-order valence-electron chi connectivity index (χ0n) is 10.1. The molecule has 6 nitrogen and oxygen atoms in total. The van der Waals surface area contributed by atoms with Crippen LogP contribution in [0.25, 0.3) is 5.78 Å². The van der Waals surface area contributed by atoms with Gasteiger partial charge in [-0.15, -0.1) is 0 Å². The van der Waals surface area contributed by atoms with Crippen LogP contribution in [0.4, 0.5) is 5.82 Å². The van der Waals surface area contributed by atoms with Crippen molar-refractivity contribution < 1.29 is 4.74 Å². The summed E-state index contributed by atoms with van der Waals surface area (Å²) in [5, 5.41) is 4.71. The Morgan fingerprint density at radius 3 is 3.11 bits per heavy atom.